The van der Waals surface area contributed by atoms with Crippen molar-refractivity contribution in [3.8, 4) is 0 Å². The lowest BCUT2D eigenvalue weighted by atomic mass is 10.2. The van der Waals surface area contributed by atoms with Crippen LogP contribution in [0.5, 0.6) is 0 Å². The van der Waals surface area contributed by atoms with Gasteiger partial charge < -0.3 is 10.4 Å². The van der Waals surface area contributed by atoms with Crippen molar-refractivity contribution in [1.82, 2.24) is 5.32 Å². The van der Waals surface area contributed by atoms with Gasteiger partial charge in [0.2, 0.25) is 5.91 Å². The fourth-order valence-corrected chi connectivity index (χ4v) is 0.832. The smallest absolute Gasteiger partial charge is 0.315 e. The van der Waals surface area contributed by atoms with Crippen molar-refractivity contribution in [1.29, 1.82) is 0 Å². The quantitative estimate of drug-likeness (QED) is 0.595. The summed E-state index contributed by atoms with van der Waals surface area (Å²) < 4.78 is 0. The summed E-state index contributed by atoms with van der Waals surface area (Å²) in [6.07, 6.45) is 2.31. The van der Waals surface area contributed by atoms with Gasteiger partial charge in [0.1, 0.15) is 5.92 Å². The molecule has 12 heavy (non-hydrogen) atoms. The van der Waals surface area contributed by atoms with Crippen LogP contribution in [0.3, 0.4) is 0 Å². The lowest BCUT2D eigenvalue weighted by molar-refractivity contribution is -0.146. The molecule has 0 radical (unpaired) electrons. The third-order valence-corrected chi connectivity index (χ3v) is 2.03. The molecule has 1 aliphatic rings. The van der Waals surface area contributed by atoms with E-state index in [0.717, 1.165) is 12.8 Å². The number of aliphatic carboxylic acids is 1. The van der Waals surface area contributed by atoms with Gasteiger partial charge in [-0.25, -0.2) is 0 Å². The number of hydrogen-bond donors (Lipinski definition) is 2. The minimum Gasteiger partial charge on any atom is -0.481 e. The van der Waals surface area contributed by atoms with E-state index in [2.05, 4.69) is 5.32 Å². The summed E-state index contributed by atoms with van der Waals surface area (Å²) in [6.45, 7) is 2.03. The Bertz CT molecular complexity index is 198. The molecule has 1 rings (SSSR count). The van der Waals surface area contributed by atoms with Gasteiger partial charge in [0, 0.05) is 6.54 Å². The molecular weight excluding hydrogens is 158 g/mol. The number of rotatable bonds is 4. The molecule has 1 saturated carbocycles. The Balaban J connectivity index is 2.21. The Labute approximate surface area is 71.0 Å². The maximum absolute atomic E-state index is 11.0. The van der Waals surface area contributed by atoms with Crippen LogP contribution in [0.15, 0.2) is 0 Å². The summed E-state index contributed by atoms with van der Waals surface area (Å²) in [5.74, 6) is -1.78. The second-order valence-electron chi connectivity index (χ2n) is 3.25. The predicted octanol–water partition coefficient (Wildman–Crippen LogP) is 0.233. The Hall–Kier alpha value is -1.06. The van der Waals surface area contributed by atoms with E-state index in [0.29, 0.717) is 12.5 Å². The van der Waals surface area contributed by atoms with Crippen LogP contribution in [-0.2, 0) is 9.59 Å². The number of hydrogen-bond acceptors (Lipinski definition) is 2. The highest BCUT2D eigenvalue weighted by Gasteiger charge is 2.25. The Morgan fingerprint density at radius 3 is 2.58 bits per heavy atom. The van der Waals surface area contributed by atoms with Gasteiger partial charge in [-0.1, -0.05) is 0 Å². The van der Waals surface area contributed by atoms with Gasteiger partial charge in [-0.05, 0) is 25.7 Å². The van der Waals surface area contributed by atoms with E-state index in [4.69, 9.17) is 5.11 Å². The van der Waals surface area contributed by atoms with Gasteiger partial charge in [-0.3, -0.25) is 9.59 Å². The fraction of sp³-hybridized carbons (Fsp3) is 0.750. The van der Waals surface area contributed by atoms with E-state index in [1.165, 1.54) is 6.92 Å². The van der Waals surface area contributed by atoms with Crippen LogP contribution >= 0.6 is 0 Å². The topological polar surface area (TPSA) is 66.4 Å². The Morgan fingerprint density at radius 2 is 2.17 bits per heavy atom. The summed E-state index contributed by atoms with van der Waals surface area (Å²) in [4.78, 5) is 21.4. The van der Waals surface area contributed by atoms with E-state index < -0.39 is 11.9 Å². The summed E-state index contributed by atoms with van der Waals surface area (Å²) in [5, 5.41) is 11.1. The normalized spacial score (nSPS) is 18.4. The van der Waals surface area contributed by atoms with Crippen molar-refractivity contribution in [2.45, 2.75) is 19.8 Å². The summed E-state index contributed by atoms with van der Waals surface area (Å²) in [6, 6.07) is 0. The molecule has 4 nitrogen and oxygen atoms in total. The molecule has 0 aliphatic heterocycles. The maximum atomic E-state index is 11.0. The number of carbonyl (C=O) groups is 2. The molecule has 0 spiro atoms. The Kier molecular flexibility index (Phi) is 2.68. The molecule has 2 N–H and O–H groups in total. The lowest BCUT2D eigenvalue weighted by Crippen LogP contribution is -2.34. The van der Waals surface area contributed by atoms with Crippen LogP contribution in [0.2, 0.25) is 0 Å². The lowest BCUT2D eigenvalue weighted by Gasteiger charge is -2.06. The van der Waals surface area contributed by atoms with E-state index in [9.17, 15) is 9.59 Å². The third kappa shape index (κ3) is 2.53. The zero-order valence-corrected chi connectivity index (χ0v) is 7.04. The number of amides is 1. The third-order valence-electron chi connectivity index (χ3n) is 2.03. The monoisotopic (exact) mass is 171 g/mol. The van der Waals surface area contributed by atoms with E-state index in [1.54, 1.807) is 0 Å². The number of carboxylic acids is 1. The molecule has 1 unspecified atom stereocenters. The van der Waals surface area contributed by atoms with Crippen LogP contribution < -0.4 is 5.32 Å². The van der Waals surface area contributed by atoms with Crippen LogP contribution in [0.1, 0.15) is 19.8 Å². The van der Waals surface area contributed by atoms with Crippen LogP contribution in [0.25, 0.3) is 0 Å². The van der Waals surface area contributed by atoms with Gasteiger partial charge in [0.25, 0.3) is 0 Å². The van der Waals surface area contributed by atoms with E-state index in [-0.39, 0.29) is 5.91 Å². The van der Waals surface area contributed by atoms with Crippen molar-refractivity contribution in [2.75, 3.05) is 6.54 Å². The summed E-state index contributed by atoms with van der Waals surface area (Å²) in [7, 11) is 0. The van der Waals surface area contributed by atoms with E-state index in [1.807, 2.05) is 0 Å². The molecule has 1 aliphatic carbocycles. The van der Waals surface area contributed by atoms with Crippen molar-refractivity contribution in [3.63, 3.8) is 0 Å². The van der Waals surface area contributed by atoms with Gasteiger partial charge in [-0.15, -0.1) is 0 Å². The molecule has 68 valence electrons. The van der Waals surface area contributed by atoms with Crippen LogP contribution in [0, 0.1) is 11.8 Å². The molecular formula is C8H13NO3. The molecule has 0 aromatic rings. The molecule has 1 atom stereocenters. The van der Waals surface area contributed by atoms with Crippen molar-refractivity contribution >= 4 is 11.9 Å². The fourth-order valence-electron chi connectivity index (χ4n) is 0.832. The highest BCUT2D eigenvalue weighted by atomic mass is 16.4. The summed E-state index contributed by atoms with van der Waals surface area (Å²) >= 11 is 0. The van der Waals surface area contributed by atoms with Gasteiger partial charge in [0.15, 0.2) is 0 Å². The average molecular weight is 171 g/mol. The minimum atomic E-state index is -1.07. The predicted molar refractivity (Wildman–Crippen MR) is 42.5 cm³/mol. The standard InChI is InChI=1S/C8H13NO3/c1-5(8(11)12)7(10)9-4-6-2-3-6/h5-6H,2-4H2,1H3,(H,9,10)(H,11,12). The van der Waals surface area contributed by atoms with Crippen molar-refractivity contribution in [2.24, 2.45) is 11.8 Å². The first-order valence-corrected chi connectivity index (χ1v) is 4.11. The average Bonchev–Trinajstić information content (AvgIpc) is 2.81. The van der Waals surface area contributed by atoms with Gasteiger partial charge in [-0.2, -0.15) is 0 Å². The first-order chi connectivity index (χ1) is 5.61. The highest BCUT2D eigenvalue weighted by Crippen LogP contribution is 2.27. The van der Waals surface area contributed by atoms with Crippen molar-refractivity contribution in [3.05, 3.63) is 0 Å². The molecule has 4 heteroatoms. The molecule has 0 bridgehead atoms. The number of carbonyl (C=O) groups excluding carboxylic acids is 1. The number of carboxylic acid groups (broad SMARTS) is 1. The van der Waals surface area contributed by atoms with Gasteiger partial charge >= 0.3 is 5.97 Å². The molecule has 1 amide bonds. The zero-order chi connectivity index (χ0) is 9.14. The number of nitrogens with one attached hydrogen (secondary N) is 1. The first-order valence-electron chi connectivity index (χ1n) is 4.11. The zero-order valence-electron chi connectivity index (χ0n) is 7.04. The second kappa shape index (κ2) is 3.56. The Morgan fingerprint density at radius 1 is 1.58 bits per heavy atom. The first kappa shape index (κ1) is 9.03. The van der Waals surface area contributed by atoms with Gasteiger partial charge in [0.05, 0.1) is 0 Å². The molecule has 0 saturated heterocycles. The maximum Gasteiger partial charge on any atom is 0.315 e. The molecule has 0 aromatic carbocycles. The molecule has 0 heterocycles. The SMILES string of the molecule is CC(C(=O)O)C(=O)NCC1CC1. The van der Waals surface area contributed by atoms with Crippen LogP contribution in [-0.4, -0.2) is 23.5 Å². The molecule has 0 aromatic heterocycles. The second-order valence-corrected chi connectivity index (χ2v) is 3.25. The highest BCUT2D eigenvalue weighted by molar-refractivity contribution is 5.96. The van der Waals surface area contributed by atoms with E-state index >= 15 is 0 Å². The molecule has 1 fully saturated rings. The van der Waals surface area contributed by atoms with Crippen molar-refractivity contribution < 1.29 is 14.7 Å². The summed E-state index contributed by atoms with van der Waals surface area (Å²) in [5.41, 5.74) is 0. The van der Waals surface area contributed by atoms with Crippen LogP contribution in [0.4, 0.5) is 0 Å². The largest absolute Gasteiger partial charge is 0.481 e. The minimum absolute atomic E-state index is 0.380.